The Morgan fingerprint density at radius 1 is 0.846 bits per heavy atom. The average molecular weight is 218 g/mol. The lowest BCUT2D eigenvalue weighted by Gasteiger charge is -2.41. The highest BCUT2D eigenvalue weighted by Gasteiger charge is 2.45. The zero-order valence-corrected chi connectivity index (χ0v) is 12.2. The van der Waals surface area contributed by atoms with Crippen LogP contribution in [0.15, 0.2) is 0 Å². The van der Waals surface area contributed by atoms with Crippen LogP contribution in [0.5, 0.6) is 0 Å². The number of hydrogen-bond donors (Lipinski definition) is 0. The second-order valence-corrected chi connectivity index (χ2v) is 19.1. The second-order valence-electron chi connectivity index (χ2n) is 4.28. The molecule has 80 valence electrons. The van der Waals surface area contributed by atoms with Gasteiger partial charge in [-0.2, -0.15) is 0 Å². The van der Waals surface area contributed by atoms with Gasteiger partial charge in [-0.1, -0.05) is 38.9 Å². The smallest absolute Gasteiger partial charge is 0.174 e. The molecule has 0 saturated carbocycles. The van der Waals surface area contributed by atoms with Gasteiger partial charge in [-0.05, 0) is 20.0 Å². The van der Waals surface area contributed by atoms with E-state index in [1.54, 1.807) is 0 Å². The summed E-state index contributed by atoms with van der Waals surface area (Å²) >= 11 is 0. The van der Waals surface area contributed by atoms with Crippen molar-refractivity contribution in [2.45, 2.75) is 58.9 Å². The second kappa shape index (κ2) is 5.32. The van der Waals surface area contributed by atoms with Gasteiger partial charge in [0.1, 0.15) is 0 Å². The molecule has 0 saturated heterocycles. The summed E-state index contributed by atoms with van der Waals surface area (Å²) in [4.78, 5) is 0. The Bertz CT molecular complexity index is 134. The molecule has 3 heteroatoms. The van der Waals surface area contributed by atoms with Crippen molar-refractivity contribution in [3.8, 4) is 0 Å². The average Bonchev–Trinajstić information content (AvgIpc) is 2.07. The molecule has 0 heterocycles. The molecule has 0 aliphatic rings. The number of hydrogen-bond acceptors (Lipinski definition) is 1. The van der Waals surface area contributed by atoms with Crippen LogP contribution in [0, 0.1) is 0 Å². The first-order chi connectivity index (χ1) is 5.99. The van der Waals surface area contributed by atoms with Crippen LogP contribution < -0.4 is 0 Å². The fraction of sp³-hybridized carbons (Fsp3) is 1.00. The van der Waals surface area contributed by atoms with E-state index in [1.807, 2.05) is 0 Å². The van der Waals surface area contributed by atoms with Crippen molar-refractivity contribution in [2.24, 2.45) is 0 Å². The Labute approximate surface area is 85.8 Å². The standard InChI is InChI=1S/C10H26OSi2/c1-7-11-12(5,6)13(8-2,9-3)10-4/h7-10H2,1-6H3. The van der Waals surface area contributed by atoms with Gasteiger partial charge in [-0.15, -0.1) is 0 Å². The molecule has 0 aromatic carbocycles. The van der Waals surface area contributed by atoms with Crippen LogP contribution in [0.25, 0.3) is 0 Å². The van der Waals surface area contributed by atoms with E-state index in [-0.39, 0.29) is 0 Å². The lowest BCUT2D eigenvalue weighted by molar-refractivity contribution is 0.341. The molecular formula is C10H26OSi2. The molecule has 0 N–H and O–H groups in total. The van der Waals surface area contributed by atoms with Crippen LogP contribution in [0.4, 0.5) is 0 Å². The molecule has 0 aromatic heterocycles. The van der Waals surface area contributed by atoms with Gasteiger partial charge in [-0.3, -0.25) is 0 Å². The zero-order chi connectivity index (χ0) is 10.5. The van der Waals surface area contributed by atoms with Crippen molar-refractivity contribution in [2.75, 3.05) is 6.61 Å². The largest absolute Gasteiger partial charge is 0.420 e. The van der Waals surface area contributed by atoms with E-state index in [4.69, 9.17) is 4.43 Å². The molecule has 0 fully saturated rings. The molecular weight excluding hydrogens is 192 g/mol. The summed E-state index contributed by atoms with van der Waals surface area (Å²) < 4.78 is 6.07. The van der Waals surface area contributed by atoms with Crippen molar-refractivity contribution in [3.63, 3.8) is 0 Å². The van der Waals surface area contributed by atoms with Gasteiger partial charge in [0.25, 0.3) is 0 Å². The van der Waals surface area contributed by atoms with E-state index in [0.717, 1.165) is 6.61 Å². The molecule has 0 aromatic rings. The van der Waals surface area contributed by atoms with Crippen molar-refractivity contribution < 1.29 is 4.43 Å². The minimum Gasteiger partial charge on any atom is -0.420 e. The fourth-order valence-corrected chi connectivity index (χ4v) is 16.6. The normalized spacial score (nSPS) is 13.4. The summed E-state index contributed by atoms with van der Waals surface area (Å²) in [6.45, 7) is 15.0. The SMILES string of the molecule is CCO[Si](C)(C)[Si](CC)(CC)CC. The summed E-state index contributed by atoms with van der Waals surface area (Å²) in [7, 11) is -2.39. The van der Waals surface area contributed by atoms with Crippen LogP contribution in [0.1, 0.15) is 27.7 Å². The predicted octanol–water partition coefficient (Wildman–Crippen LogP) is 3.81. The molecule has 0 amide bonds. The molecule has 13 heavy (non-hydrogen) atoms. The molecule has 0 unspecified atom stereocenters. The minimum atomic E-state index is -1.34. The first-order valence-electron chi connectivity index (χ1n) is 5.63. The Morgan fingerprint density at radius 3 is 1.46 bits per heavy atom. The highest BCUT2D eigenvalue weighted by Crippen LogP contribution is 2.31. The third-order valence-corrected chi connectivity index (χ3v) is 22.7. The quantitative estimate of drug-likeness (QED) is 0.616. The lowest BCUT2D eigenvalue weighted by atomic mass is 10.9. The topological polar surface area (TPSA) is 9.23 Å². The first-order valence-corrected chi connectivity index (χ1v) is 12.2. The maximum absolute atomic E-state index is 6.07. The highest BCUT2D eigenvalue weighted by atomic mass is 29.3. The fourth-order valence-electron chi connectivity index (χ4n) is 2.54. The van der Waals surface area contributed by atoms with Crippen LogP contribution in [-0.2, 0) is 4.43 Å². The minimum absolute atomic E-state index is 0.911. The Balaban J connectivity index is 4.68. The third kappa shape index (κ3) is 2.67. The molecule has 1 nitrogen and oxygen atoms in total. The van der Waals surface area contributed by atoms with Gasteiger partial charge in [0.05, 0.1) is 7.59 Å². The molecule has 0 atom stereocenters. The van der Waals surface area contributed by atoms with Crippen molar-refractivity contribution >= 4 is 15.4 Å². The lowest BCUT2D eigenvalue weighted by Crippen LogP contribution is -2.59. The maximum Gasteiger partial charge on any atom is 0.174 e. The van der Waals surface area contributed by atoms with E-state index in [2.05, 4.69) is 40.8 Å². The van der Waals surface area contributed by atoms with Crippen molar-refractivity contribution in [1.82, 2.24) is 0 Å². The monoisotopic (exact) mass is 218 g/mol. The van der Waals surface area contributed by atoms with Gasteiger partial charge >= 0.3 is 0 Å². The molecule has 0 radical (unpaired) electrons. The maximum atomic E-state index is 6.07. The van der Waals surface area contributed by atoms with Crippen LogP contribution in [-0.4, -0.2) is 22.0 Å². The van der Waals surface area contributed by atoms with Crippen LogP contribution >= 0.6 is 0 Å². The predicted molar refractivity (Wildman–Crippen MR) is 66.3 cm³/mol. The van der Waals surface area contributed by atoms with E-state index >= 15 is 0 Å². The Morgan fingerprint density at radius 2 is 1.23 bits per heavy atom. The first kappa shape index (κ1) is 13.4. The highest BCUT2D eigenvalue weighted by molar-refractivity contribution is 7.39. The Hall–Kier alpha value is 0.394. The summed E-state index contributed by atoms with van der Waals surface area (Å²) in [5.74, 6) is 0. The van der Waals surface area contributed by atoms with Gasteiger partial charge < -0.3 is 4.43 Å². The summed E-state index contributed by atoms with van der Waals surface area (Å²) in [5, 5.41) is 0. The molecule has 0 spiro atoms. The van der Waals surface area contributed by atoms with E-state index in [9.17, 15) is 0 Å². The van der Waals surface area contributed by atoms with Crippen LogP contribution in [0.3, 0.4) is 0 Å². The molecule has 0 rings (SSSR count). The zero-order valence-electron chi connectivity index (χ0n) is 10.2. The molecule has 0 aliphatic carbocycles. The third-order valence-electron chi connectivity index (χ3n) is 3.81. The molecule has 0 aliphatic heterocycles. The van der Waals surface area contributed by atoms with Crippen molar-refractivity contribution in [3.05, 3.63) is 0 Å². The summed E-state index contributed by atoms with van der Waals surface area (Å²) in [6.07, 6.45) is 0. The van der Waals surface area contributed by atoms with Gasteiger partial charge in [0.2, 0.25) is 0 Å². The molecule has 0 bridgehead atoms. The number of rotatable bonds is 6. The van der Waals surface area contributed by atoms with E-state index < -0.39 is 15.4 Å². The van der Waals surface area contributed by atoms with Crippen LogP contribution in [0.2, 0.25) is 31.2 Å². The summed E-state index contributed by atoms with van der Waals surface area (Å²) in [5.41, 5.74) is 0. The van der Waals surface area contributed by atoms with Gasteiger partial charge in [0.15, 0.2) is 7.83 Å². The Kier molecular flexibility index (Phi) is 5.48. The van der Waals surface area contributed by atoms with Gasteiger partial charge in [-0.25, -0.2) is 0 Å². The van der Waals surface area contributed by atoms with Gasteiger partial charge in [0, 0.05) is 6.61 Å². The van der Waals surface area contributed by atoms with E-state index in [1.165, 1.54) is 18.1 Å². The summed E-state index contributed by atoms with van der Waals surface area (Å²) in [6, 6.07) is 4.21. The van der Waals surface area contributed by atoms with Crippen molar-refractivity contribution in [1.29, 1.82) is 0 Å². The van der Waals surface area contributed by atoms with E-state index in [0.29, 0.717) is 0 Å².